The van der Waals surface area contributed by atoms with E-state index < -0.39 is 0 Å². The Hall–Kier alpha value is -1.10. The Kier molecular flexibility index (Phi) is 4.78. The lowest BCUT2D eigenvalue weighted by Gasteiger charge is -2.41. The van der Waals surface area contributed by atoms with Gasteiger partial charge in [0, 0.05) is 24.9 Å². The van der Waals surface area contributed by atoms with Crippen LogP contribution in [-0.4, -0.2) is 31.2 Å². The average molecular weight is 308 g/mol. The highest BCUT2D eigenvalue weighted by molar-refractivity contribution is 7.13. The molecule has 0 spiro atoms. The van der Waals surface area contributed by atoms with Gasteiger partial charge in [0.2, 0.25) is 0 Å². The van der Waals surface area contributed by atoms with E-state index in [1.54, 1.807) is 11.3 Å². The number of nitrogens with zero attached hydrogens (tertiary/aromatic N) is 2. The standard InChI is InChI=1S/C16H24N2O2S/c1-20-15(19)7-6-14-11-21-16(17-14)18-9-8-12-4-2-3-5-13(12)10-18/h11-13H,2-10H2,1H3. The van der Waals surface area contributed by atoms with Gasteiger partial charge in [-0.05, 0) is 24.7 Å². The molecule has 21 heavy (non-hydrogen) atoms. The molecule has 2 fully saturated rings. The van der Waals surface area contributed by atoms with Crippen LogP contribution in [0.25, 0.3) is 0 Å². The van der Waals surface area contributed by atoms with Crippen molar-refractivity contribution in [3.8, 4) is 0 Å². The van der Waals surface area contributed by atoms with Crippen LogP contribution in [0.4, 0.5) is 5.13 Å². The van der Waals surface area contributed by atoms with Crippen LogP contribution < -0.4 is 4.90 Å². The highest BCUT2D eigenvalue weighted by atomic mass is 32.1. The first-order chi connectivity index (χ1) is 10.3. The number of hydrogen-bond donors (Lipinski definition) is 0. The lowest BCUT2D eigenvalue weighted by molar-refractivity contribution is -0.140. The van der Waals surface area contributed by atoms with E-state index in [0.29, 0.717) is 12.8 Å². The van der Waals surface area contributed by atoms with E-state index >= 15 is 0 Å². The first-order valence-electron chi connectivity index (χ1n) is 8.02. The Morgan fingerprint density at radius 1 is 1.38 bits per heavy atom. The lowest BCUT2D eigenvalue weighted by atomic mass is 9.75. The van der Waals surface area contributed by atoms with Gasteiger partial charge >= 0.3 is 5.97 Å². The van der Waals surface area contributed by atoms with Crippen LogP contribution in [0, 0.1) is 11.8 Å². The van der Waals surface area contributed by atoms with Crippen LogP contribution >= 0.6 is 11.3 Å². The van der Waals surface area contributed by atoms with Crippen LogP contribution in [-0.2, 0) is 16.0 Å². The van der Waals surface area contributed by atoms with Gasteiger partial charge < -0.3 is 9.64 Å². The second-order valence-corrected chi connectivity index (χ2v) is 7.07. The van der Waals surface area contributed by atoms with Crippen molar-refractivity contribution in [3.05, 3.63) is 11.1 Å². The molecule has 3 rings (SSSR count). The Balaban J connectivity index is 1.57. The Labute approximate surface area is 130 Å². The fourth-order valence-corrected chi connectivity index (χ4v) is 4.56. The van der Waals surface area contributed by atoms with Gasteiger partial charge in [0.05, 0.1) is 19.2 Å². The molecular formula is C16H24N2O2S. The first-order valence-corrected chi connectivity index (χ1v) is 8.90. The fraction of sp³-hybridized carbons (Fsp3) is 0.750. The van der Waals surface area contributed by atoms with Crippen molar-refractivity contribution in [1.82, 2.24) is 4.98 Å². The van der Waals surface area contributed by atoms with Crippen LogP contribution in [0.1, 0.15) is 44.2 Å². The number of piperidine rings is 1. The molecule has 1 aromatic heterocycles. The van der Waals surface area contributed by atoms with Gasteiger partial charge in [-0.3, -0.25) is 4.79 Å². The number of methoxy groups -OCH3 is 1. The van der Waals surface area contributed by atoms with Crippen molar-refractivity contribution in [2.24, 2.45) is 11.8 Å². The summed E-state index contributed by atoms with van der Waals surface area (Å²) in [6.45, 7) is 2.32. The molecule has 0 bridgehead atoms. The zero-order chi connectivity index (χ0) is 14.7. The van der Waals surface area contributed by atoms with Crippen molar-refractivity contribution in [3.63, 3.8) is 0 Å². The minimum atomic E-state index is -0.160. The molecule has 1 aromatic rings. The summed E-state index contributed by atoms with van der Waals surface area (Å²) in [5.74, 6) is 1.66. The van der Waals surface area contributed by atoms with Crippen LogP contribution in [0.2, 0.25) is 0 Å². The van der Waals surface area contributed by atoms with Gasteiger partial charge in [0.15, 0.2) is 5.13 Å². The lowest BCUT2D eigenvalue weighted by Crippen LogP contribution is -2.41. The number of fused-ring (bicyclic) bond motifs is 1. The Bertz CT molecular complexity index is 488. The van der Waals surface area contributed by atoms with Crippen LogP contribution in [0.3, 0.4) is 0 Å². The number of esters is 1. The summed E-state index contributed by atoms with van der Waals surface area (Å²) < 4.78 is 4.68. The molecule has 1 aliphatic carbocycles. The highest BCUT2D eigenvalue weighted by Gasteiger charge is 2.31. The molecule has 116 valence electrons. The number of anilines is 1. The molecule has 0 aromatic carbocycles. The van der Waals surface area contributed by atoms with Crippen molar-refractivity contribution < 1.29 is 9.53 Å². The third-order valence-electron chi connectivity index (χ3n) is 4.91. The Morgan fingerprint density at radius 3 is 3.00 bits per heavy atom. The highest BCUT2D eigenvalue weighted by Crippen LogP contribution is 2.38. The molecule has 0 N–H and O–H groups in total. The van der Waals surface area contributed by atoms with E-state index in [4.69, 9.17) is 4.98 Å². The minimum Gasteiger partial charge on any atom is -0.469 e. The number of aromatic nitrogens is 1. The maximum absolute atomic E-state index is 11.2. The number of ether oxygens (including phenoxy) is 1. The SMILES string of the molecule is COC(=O)CCc1csc(N2CCC3CCCCC3C2)n1. The van der Waals surface area contributed by atoms with Crippen LogP contribution in [0.5, 0.6) is 0 Å². The third-order valence-corrected chi connectivity index (χ3v) is 5.86. The Morgan fingerprint density at radius 2 is 2.19 bits per heavy atom. The minimum absolute atomic E-state index is 0.160. The summed E-state index contributed by atoms with van der Waals surface area (Å²) in [7, 11) is 1.43. The number of thiazole rings is 1. The number of carbonyl (C=O) groups excluding carboxylic acids is 1. The zero-order valence-corrected chi connectivity index (χ0v) is 13.5. The van der Waals surface area contributed by atoms with Crippen molar-refractivity contribution in [2.45, 2.75) is 44.9 Å². The summed E-state index contributed by atoms with van der Waals surface area (Å²) in [6.07, 6.45) is 8.07. The largest absolute Gasteiger partial charge is 0.469 e. The van der Waals surface area contributed by atoms with Gasteiger partial charge in [0.1, 0.15) is 0 Å². The number of aryl methyl sites for hydroxylation is 1. The van der Waals surface area contributed by atoms with Crippen LogP contribution in [0.15, 0.2) is 5.38 Å². The monoisotopic (exact) mass is 308 g/mol. The third kappa shape index (κ3) is 3.57. The predicted octanol–water partition coefficient (Wildman–Crippen LogP) is 3.27. The molecule has 2 atom stereocenters. The summed E-state index contributed by atoms with van der Waals surface area (Å²) in [5.41, 5.74) is 1.02. The van der Waals surface area contributed by atoms with E-state index in [2.05, 4.69) is 15.0 Å². The van der Waals surface area contributed by atoms with E-state index in [1.165, 1.54) is 45.8 Å². The maximum Gasteiger partial charge on any atom is 0.305 e. The molecule has 2 unspecified atom stereocenters. The predicted molar refractivity (Wildman–Crippen MR) is 84.7 cm³/mol. The van der Waals surface area contributed by atoms with Crippen molar-refractivity contribution in [1.29, 1.82) is 0 Å². The van der Waals surface area contributed by atoms with Crippen molar-refractivity contribution >= 4 is 22.4 Å². The normalized spacial score (nSPS) is 25.5. The van der Waals surface area contributed by atoms with Gasteiger partial charge in [-0.1, -0.05) is 19.3 Å². The molecule has 0 radical (unpaired) electrons. The summed E-state index contributed by atoms with van der Waals surface area (Å²) in [6, 6.07) is 0. The van der Waals surface area contributed by atoms with Gasteiger partial charge in [-0.15, -0.1) is 11.3 Å². The summed E-state index contributed by atoms with van der Waals surface area (Å²) in [4.78, 5) is 18.4. The van der Waals surface area contributed by atoms with E-state index in [9.17, 15) is 4.79 Å². The summed E-state index contributed by atoms with van der Waals surface area (Å²) >= 11 is 1.72. The number of carbonyl (C=O) groups is 1. The second-order valence-electron chi connectivity index (χ2n) is 6.24. The second kappa shape index (κ2) is 6.77. The van der Waals surface area contributed by atoms with Crippen molar-refractivity contribution in [2.75, 3.05) is 25.1 Å². The molecule has 0 amide bonds. The maximum atomic E-state index is 11.2. The molecule has 5 heteroatoms. The van der Waals surface area contributed by atoms with E-state index in [1.807, 2.05) is 0 Å². The fourth-order valence-electron chi connectivity index (χ4n) is 3.66. The average Bonchev–Trinajstić information content (AvgIpc) is 3.01. The number of hydrogen-bond acceptors (Lipinski definition) is 5. The zero-order valence-electron chi connectivity index (χ0n) is 12.7. The van der Waals surface area contributed by atoms with E-state index in [0.717, 1.165) is 29.2 Å². The molecule has 2 heterocycles. The topological polar surface area (TPSA) is 42.4 Å². The molecule has 1 saturated carbocycles. The van der Waals surface area contributed by atoms with E-state index in [-0.39, 0.29) is 5.97 Å². The molecule has 1 saturated heterocycles. The molecule has 1 aliphatic heterocycles. The smallest absolute Gasteiger partial charge is 0.305 e. The van der Waals surface area contributed by atoms with Gasteiger partial charge in [-0.2, -0.15) is 0 Å². The first kappa shape index (κ1) is 14.8. The molecular weight excluding hydrogens is 284 g/mol. The van der Waals surface area contributed by atoms with Gasteiger partial charge in [-0.25, -0.2) is 4.98 Å². The molecule has 4 nitrogen and oxygen atoms in total. The summed E-state index contributed by atoms with van der Waals surface area (Å²) in [5, 5.41) is 3.23. The molecule has 2 aliphatic rings. The number of rotatable bonds is 4. The quantitative estimate of drug-likeness (QED) is 0.801. The van der Waals surface area contributed by atoms with Gasteiger partial charge in [0.25, 0.3) is 0 Å².